The molecule has 2 amide bonds. The monoisotopic (exact) mass is 396 g/mol. The lowest BCUT2D eigenvalue weighted by molar-refractivity contribution is 0.0546. The number of piperidine rings is 1. The van der Waals surface area contributed by atoms with Gasteiger partial charge in [0, 0.05) is 30.3 Å². The van der Waals surface area contributed by atoms with Gasteiger partial charge in [-0.25, -0.2) is 4.39 Å². The summed E-state index contributed by atoms with van der Waals surface area (Å²) >= 11 is 0. The van der Waals surface area contributed by atoms with Crippen LogP contribution in [0.1, 0.15) is 52.0 Å². The van der Waals surface area contributed by atoms with Crippen LogP contribution in [0.15, 0.2) is 36.4 Å². The number of benzene rings is 2. The summed E-state index contributed by atoms with van der Waals surface area (Å²) in [4.78, 5) is 26.7. The highest BCUT2D eigenvalue weighted by Crippen LogP contribution is 2.28. The van der Waals surface area contributed by atoms with Crippen molar-refractivity contribution in [1.82, 2.24) is 10.2 Å². The van der Waals surface area contributed by atoms with Crippen LogP contribution in [0.4, 0.5) is 4.39 Å². The molecule has 5 nitrogen and oxygen atoms in total. The molecular weight excluding hydrogens is 371 g/mol. The second-order valence-corrected chi connectivity index (χ2v) is 7.98. The summed E-state index contributed by atoms with van der Waals surface area (Å²) < 4.78 is 14.5. The first kappa shape index (κ1) is 19.6. The lowest BCUT2D eigenvalue weighted by Crippen LogP contribution is -2.40. The van der Waals surface area contributed by atoms with Crippen LogP contribution in [-0.4, -0.2) is 47.1 Å². The summed E-state index contributed by atoms with van der Waals surface area (Å²) in [6.45, 7) is 2.78. The second kappa shape index (κ2) is 7.95. The first-order chi connectivity index (χ1) is 13.9. The minimum absolute atomic E-state index is 0.0658. The molecule has 2 N–H and O–H groups in total. The summed E-state index contributed by atoms with van der Waals surface area (Å²) in [6, 6.07) is 10.2. The van der Waals surface area contributed by atoms with Gasteiger partial charge in [-0.2, -0.15) is 0 Å². The highest BCUT2D eigenvalue weighted by atomic mass is 19.1. The van der Waals surface area contributed by atoms with Crippen molar-refractivity contribution in [2.75, 3.05) is 13.1 Å². The molecule has 1 aliphatic heterocycles. The maximum atomic E-state index is 14.5. The second-order valence-electron chi connectivity index (χ2n) is 7.98. The molecule has 2 aromatic carbocycles. The SMILES string of the molecule is Cc1c(F)cc(C(=O)NC2CC2)cc1-c1ccc(C(=O)N2CCC(O)CC2)cc1. The van der Waals surface area contributed by atoms with E-state index in [1.54, 1.807) is 42.2 Å². The van der Waals surface area contributed by atoms with Crippen LogP contribution in [0, 0.1) is 12.7 Å². The van der Waals surface area contributed by atoms with Gasteiger partial charge in [0.05, 0.1) is 6.10 Å². The third-order valence-electron chi connectivity index (χ3n) is 5.71. The molecule has 1 heterocycles. The molecule has 152 valence electrons. The van der Waals surface area contributed by atoms with Gasteiger partial charge in [0.1, 0.15) is 5.82 Å². The van der Waals surface area contributed by atoms with Gasteiger partial charge in [0.25, 0.3) is 11.8 Å². The number of aliphatic hydroxyl groups excluding tert-OH is 1. The van der Waals surface area contributed by atoms with E-state index in [1.807, 2.05) is 0 Å². The Labute approximate surface area is 169 Å². The van der Waals surface area contributed by atoms with E-state index in [2.05, 4.69) is 5.32 Å². The predicted molar refractivity (Wildman–Crippen MR) is 108 cm³/mol. The molecule has 1 saturated heterocycles. The molecule has 6 heteroatoms. The minimum Gasteiger partial charge on any atom is -0.393 e. The first-order valence-electron chi connectivity index (χ1n) is 10.1. The first-order valence-corrected chi connectivity index (χ1v) is 10.1. The molecule has 0 spiro atoms. The van der Waals surface area contributed by atoms with E-state index in [-0.39, 0.29) is 24.0 Å². The predicted octanol–water partition coefficient (Wildman–Crippen LogP) is 3.29. The molecular formula is C23H25FN2O3. The van der Waals surface area contributed by atoms with Crippen molar-refractivity contribution in [3.8, 4) is 11.1 Å². The Morgan fingerprint density at radius 1 is 1.03 bits per heavy atom. The third kappa shape index (κ3) is 4.32. The molecule has 2 fully saturated rings. The maximum Gasteiger partial charge on any atom is 0.253 e. The van der Waals surface area contributed by atoms with E-state index in [4.69, 9.17) is 0 Å². The number of hydrogen-bond donors (Lipinski definition) is 2. The Morgan fingerprint density at radius 3 is 2.31 bits per heavy atom. The molecule has 1 aliphatic carbocycles. The fourth-order valence-electron chi connectivity index (χ4n) is 3.65. The van der Waals surface area contributed by atoms with Crippen LogP contribution in [0.3, 0.4) is 0 Å². The number of hydrogen-bond acceptors (Lipinski definition) is 3. The summed E-state index contributed by atoms with van der Waals surface area (Å²) in [5, 5.41) is 12.5. The topological polar surface area (TPSA) is 69.6 Å². The Bertz CT molecular complexity index is 930. The number of nitrogens with one attached hydrogen (secondary N) is 1. The van der Waals surface area contributed by atoms with Crippen molar-refractivity contribution in [1.29, 1.82) is 0 Å². The standard InChI is InChI=1S/C23H25FN2O3/c1-14-20(12-17(13-21(14)24)22(28)25-18-6-7-18)15-2-4-16(5-3-15)23(29)26-10-8-19(27)9-11-26/h2-5,12-13,18-19,27H,6-11H2,1H3,(H,25,28). The normalized spacial score (nSPS) is 17.3. The van der Waals surface area contributed by atoms with Gasteiger partial charge in [-0.1, -0.05) is 12.1 Å². The maximum absolute atomic E-state index is 14.5. The molecule has 29 heavy (non-hydrogen) atoms. The van der Waals surface area contributed by atoms with Gasteiger partial charge in [-0.05, 0) is 73.6 Å². The number of rotatable bonds is 4. The van der Waals surface area contributed by atoms with Crippen LogP contribution in [-0.2, 0) is 0 Å². The quantitative estimate of drug-likeness (QED) is 0.833. The summed E-state index contributed by atoms with van der Waals surface area (Å²) in [5.41, 5.74) is 2.74. The Hall–Kier alpha value is -2.73. The molecule has 0 bridgehead atoms. The van der Waals surface area contributed by atoms with Gasteiger partial charge in [-0.15, -0.1) is 0 Å². The molecule has 2 aliphatic rings. The summed E-state index contributed by atoms with van der Waals surface area (Å²) in [5.74, 6) is -0.744. The number of carbonyl (C=O) groups excluding carboxylic acids is 2. The number of carbonyl (C=O) groups is 2. The van der Waals surface area contributed by atoms with Crippen molar-refractivity contribution in [2.45, 2.75) is 44.8 Å². The Kier molecular flexibility index (Phi) is 5.37. The van der Waals surface area contributed by atoms with E-state index in [0.717, 1.165) is 18.4 Å². The lowest BCUT2D eigenvalue weighted by atomic mass is 9.96. The van der Waals surface area contributed by atoms with E-state index in [0.29, 0.717) is 48.2 Å². The summed E-state index contributed by atoms with van der Waals surface area (Å²) in [7, 11) is 0. The fraction of sp³-hybridized carbons (Fsp3) is 0.391. The van der Waals surface area contributed by atoms with Gasteiger partial charge >= 0.3 is 0 Å². The van der Waals surface area contributed by atoms with Crippen molar-refractivity contribution in [2.24, 2.45) is 0 Å². The van der Waals surface area contributed by atoms with Gasteiger partial charge in [0.15, 0.2) is 0 Å². The van der Waals surface area contributed by atoms with E-state index < -0.39 is 5.82 Å². The smallest absolute Gasteiger partial charge is 0.253 e. The van der Waals surface area contributed by atoms with Crippen LogP contribution >= 0.6 is 0 Å². The Balaban J connectivity index is 1.56. The number of aliphatic hydroxyl groups is 1. The van der Waals surface area contributed by atoms with Crippen LogP contribution in [0.2, 0.25) is 0 Å². The molecule has 4 rings (SSSR count). The third-order valence-corrected chi connectivity index (χ3v) is 5.71. The van der Waals surface area contributed by atoms with Gasteiger partial charge in [0.2, 0.25) is 0 Å². The number of nitrogens with zero attached hydrogens (tertiary/aromatic N) is 1. The van der Waals surface area contributed by atoms with E-state index in [9.17, 15) is 19.1 Å². The highest BCUT2D eigenvalue weighted by molar-refractivity contribution is 5.97. The van der Waals surface area contributed by atoms with Crippen molar-refractivity contribution in [3.63, 3.8) is 0 Å². The molecule has 0 radical (unpaired) electrons. The molecule has 0 unspecified atom stereocenters. The number of amides is 2. The molecule has 0 aromatic heterocycles. The largest absolute Gasteiger partial charge is 0.393 e. The van der Waals surface area contributed by atoms with Crippen LogP contribution in [0.5, 0.6) is 0 Å². The molecule has 1 saturated carbocycles. The lowest BCUT2D eigenvalue weighted by Gasteiger charge is -2.29. The molecule has 2 aromatic rings. The van der Waals surface area contributed by atoms with Gasteiger partial charge in [-0.3, -0.25) is 9.59 Å². The molecule has 0 atom stereocenters. The van der Waals surface area contributed by atoms with Gasteiger partial charge < -0.3 is 15.3 Å². The highest BCUT2D eigenvalue weighted by Gasteiger charge is 2.25. The Morgan fingerprint density at radius 2 is 1.69 bits per heavy atom. The van der Waals surface area contributed by atoms with Crippen molar-refractivity contribution < 1.29 is 19.1 Å². The van der Waals surface area contributed by atoms with Crippen LogP contribution in [0.25, 0.3) is 11.1 Å². The zero-order chi connectivity index (χ0) is 20.5. The zero-order valence-corrected chi connectivity index (χ0v) is 16.5. The number of halogens is 1. The van der Waals surface area contributed by atoms with E-state index in [1.165, 1.54) is 6.07 Å². The summed E-state index contributed by atoms with van der Waals surface area (Å²) in [6.07, 6.45) is 2.80. The van der Waals surface area contributed by atoms with E-state index >= 15 is 0 Å². The minimum atomic E-state index is -0.421. The van der Waals surface area contributed by atoms with Crippen LogP contribution < -0.4 is 5.32 Å². The van der Waals surface area contributed by atoms with Crippen molar-refractivity contribution in [3.05, 3.63) is 58.9 Å². The fourth-order valence-corrected chi connectivity index (χ4v) is 3.65. The average molecular weight is 396 g/mol. The average Bonchev–Trinajstić information content (AvgIpc) is 3.54. The number of likely N-dealkylation sites (tertiary alicyclic amines) is 1. The zero-order valence-electron chi connectivity index (χ0n) is 16.5. The van der Waals surface area contributed by atoms with Crippen molar-refractivity contribution >= 4 is 11.8 Å².